The first-order valence-corrected chi connectivity index (χ1v) is 7.85. The Balaban J connectivity index is 1.92. The molecule has 1 aromatic carbocycles. The first-order chi connectivity index (χ1) is 11.6. The van der Waals surface area contributed by atoms with E-state index in [1.807, 2.05) is 4.90 Å². The van der Waals surface area contributed by atoms with Crippen LogP contribution in [0.4, 0.5) is 5.69 Å². The SMILES string of the molecule is Cn1cc(C(=O)N2CCCNCC2)c(-c2ccc([N+](=O)[O-])cc2)n1. The molecule has 0 unspecified atom stereocenters. The lowest BCUT2D eigenvalue weighted by molar-refractivity contribution is -0.384. The van der Waals surface area contributed by atoms with Gasteiger partial charge in [-0.2, -0.15) is 5.10 Å². The maximum absolute atomic E-state index is 12.9. The van der Waals surface area contributed by atoms with Crippen LogP contribution in [-0.2, 0) is 7.05 Å². The molecule has 1 fully saturated rings. The van der Waals surface area contributed by atoms with E-state index < -0.39 is 4.92 Å². The quantitative estimate of drug-likeness (QED) is 0.679. The Morgan fingerprint density at radius 1 is 1.25 bits per heavy atom. The second kappa shape index (κ2) is 6.79. The highest BCUT2D eigenvalue weighted by Gasteiger charge is 2.23. The second-order valence-corrected chi connectivity index (χ2v) is 5.76. The summed E-state index contributed by atoms with van der Waals surface area (Å²) in [5.74, 6) is -0.0554. The smallest absolute Gasteiger partial charge is 0.269 e. The van der Waals surface area contributed by atoms with Crippen LogP contribution in [0.3, 0.4) is 0 Å². The van der Waals surface area contributed by atoms with E-state index in [0.717, 1.165) is 19.5 Å². The van der Waals surface area contributed by atoms with E-state index >= 15 is 0 Å². The van der Waals surface area contributed by atoms with E-state index in [4.69, 9.17) is 0 Å². The van der Waals surface area contributed by atoms with E-state index in [-0.39, 0.29) is 11.6 Å². The predicted molar refractivity (Wildman–Crippen MR) is 88.7 cm³/mol. The van der Waals surface area contributed by atoms with E-state index in [1.54, 1.807) is 30.1 Å². The molecule has 1 aliphatic heterocycles. The van der Waals surface area contributed by atoms with Crippen molar-refractivity contribution in [3.63, 3.8) is 0 Å². The minimum absolute atomic E-state index is 0.0150. The molecule has 1 amide bonds. The van der Waals surface area contributed by atoms with Crippen LogP contribution < -0.4 is 5.32 Å². The van der Waals surface area contributed by atoms with Crippen molar-refractivity contribution in [1.82, 2.24) is 20.0 Å². The van der Waals surface area contributed by atoms with Crippen LogP contribution in [0, 0.1) is 10.1 Å². The van der Waals surface area contributed by atoms with Gasteiger partial charge in [0.2, 0.25) is 0 Å². The number of nitrogens with zero attached hydrogens (tertiary/aromatic N) is 4. The third-order valence-electron chi connectivity index (χ3n) is 4.04. The topological polar surface area (TPSA) is 93.3 Å². The molecule has 3 rings (SSSR count). The summed E-state index contributed by atoms with van der Waals surface area (Å²) >= 11 is 0. The summed E-state index contributed by atoms with van der Waals surface area (Å²) in [5, 5.41) is 18.4. The summed E-state index contributed by atoms with van der Waals surface area (Å²) in [6.07, 6.45) is 2.62. The Morgan fingerprint density at radius 3 is 2.71 bits per heavy atom. The Morgan fingerprint density at radius 2 is 2.00 bits per heavy atom. The number of non-ortho nitro benzene ring substituents is 1. The number of hydrogen-bond donors (Lipinski definition) is 1. The van der Waals surface area contributed by atoms with Crippen LogP contribution in [0.2, 0.25) is 0 Å². The minimum Gasteiger partial charge on any atom is -0.337 e. The van der Waals surface area contributed by atoms with E-state index in [1.165, 1.54) is 12.1 Å². The third kappa shape index (κ3) is 3.28. The highest BCUT2D eigenvalue weighted by Crippen LogP contribution is 2.25. The molecule has 24 heavy (non-hydrogen) atoms. The zero-order valence-corrected chi connectivity index (χ0v) is 13.4. The van der Waals surface area contributed by atoms with Crippen molar-refractivity contribution in [3.8, 4) is 11.3 Å². The molecule has 1 aliphatic rings. The number of nitro groups is 1. The molecule has 1 saturated heterocycles. The van der Waals surface area contributed by atoms with Gasteiger partial charge < -0.3 is 10.2 Å². The molecule has 0 saturated carbocycles. The predicted octanol–water partition coefficient (Wildman–Crippen LogP) is 1.43. The Hall–Kier alpha value is -2.74. The maximum Gasteiger partial charge on any atom is 0.269 e. The highest BCUT2D eigenvalue weighted by atomic mass is 16.6. The number of benzene rings is 1. The molecular formula is C16H19N5O3. The van der Waals surface area contributed by atoms with Gasteiger partial charge in [0.15, 0.2) is 0 Å². The summed E-state index contributed by atoms with van der Waals surface area (Å²) in [5.41, 5.74) is 1.78. The Kier molecular flexibility index (Phi) is 4.57. The second-order valence-electron chi connectivity index (χ2n) is 5.76. The lowest BCUT2D eigenvalue weighted by Gasteiger charge is -2.19. The van der Waals surface area contributed by atoms with Crippen molar-refractivity contribution in [3.05, 3.63) is 46.1 Å². The Bertz CT molecular complexity index is 746. The van der Waals surface area contributed by atoms with Crippen LogP contribution in [0.5, 0.6) is 0 Å². The van der Waals surface area contributed by atoms with Crippen LogP contribution in [0.1, 0.15) is 16.8 Å². The first kappa shape index (κ1) is 16.1. The largest absolute Gasteiger partial charge is 0.337 e. The lowest BCUT2D eigenvalue weighted by atomic mass is 10.1. The number of nitrogens with one attached hydrogen (secondary N) is 1. The van der Waals surface area contributed by atoms with Gasteiger partial charge in [-0.25, -0.2) is 0 Å². The number of aromatic nitrogens is 2. The normalized spacial score (nSPS) is 15.1. The number of carbonyl (C=O) groups excluding carboxylic acids is 1. The summed E-state index contributed by atoms with van der Waals surface area (Å²) in [6.45, 7) is 3.05. The lowest BCUT2D eigenvalue weighted by Crippen LogP contribution is -2.34. The first-order valence-electron chi connectivity index (χ1n) is 7.85. The molecule has 1 aromatic heterocycles. The van der Waals surface area contributed by atoms with E-state index in [2.05, 4.69) is 10.4 Å². The van der Waals surface area contributed by atoms with Crippen molar-refractivity contribution >= 4 is 11.6 Å². The molecule has 1 N–H and O–H groups in total. The van der Waals surface area contributed by atoms with Gasteiger partial charge in [0.25, 0.3) is 11.6 Å². The standard InChI is InChI=1S/C16H19N5O3/c1-19-11-14(16(22)20-9-2-7-17-8-10-20)15(18-19)12-3-5-13(6-4-12)21(23)24/h3-6,11,17H,2,7-10H2,1H3. The van der Waals surface area contributed by atoms with Gasteiger partial charge in [0.1, 0.15) is 5.69 Å². The fourth-order valence-electron chi connectivity index (χ4n) is 2.82. The molecule has 2 heterocycles. The van der Waals surface area contributed by atoms with Gasteiger partial charge in [-0.1, -0.05) is 0 Å². The minimum atomic E-state index is -0.446. The zero-order chi connectivity index (χ0) is 17.1. The van der Waals surface area contributed by atoms with Crippen LogP contribution in [0.25, 0.3) is 11.3 Å². The van der Waals surface area contributed by atoms with Gasteiger partial charge in [0.05, 0.1) is 10.5 Å². The highest BCUT2D eigenvalue weighted by molar-refractivity contribution is 5.99. The maximum atomic E-state index is 12.9. The number of carbonyl (C=O) groups is 1. The third-order valence-corrected chi connectivity index (χ3v) is 4.04. The average molecular weight is 329 g/mol. The Labute approximate surface area is 139 Å². The molecule has 0 bridgehead atoms. The fraction of sp³-hybridized carbons (Fsp3) is 0.375. The zero-order valence-electron chi connectivity index (χ0n) is 13.4. The van der Waals surface area contributed by atoms with Gasteiger partial charge in [0, 0.05) is 50.6 Å². The molecule has 0 atom stereocenters. The van der Waals surface area contributed by atoms with Crippen LogP contribution in [0.15, 0.2) is 30.5 Å². The molecule has 8 nitrogen and oxygen atoms in total. The molecule has 0 radical (unpaired) electrons. The van der Waals surface area contributed by atoms with Gasteiger partial charge >= 0.3 is 0 Å². The summed E-state index contributed by atoms with van der Waals surface area (Å²) in [6, 6.07) is 6.10. The summed E-state index contributed by atoms with van der Waals surface area (Å²) < 4.78 is 1.60. The fourth-order valence-corrected chi connectivity index (χ4v) is 2.82. The van der Waals surface area contributed by atoms with Crippen molar-refractivity contribution in [2.75, 3.05) is 26.2 Å². The number of nitro benzene ring substituents is 1. The van der Waals surface area contributed by atoms with E-state index in [0.29, 0.717) is 29.9 Å². The monoisotopic (exact) mass is 329 g/mol. The summed E-state index contributed by atoms with van der Waals surface area (Å²) in [7, 11) is 1.76. The summed E-state index contributed by atoms with van der Waals surface area (Å²) in [4.78, 5) is 25.0. The van der Waals surface area contributed by atoms with Crippen molar-refractivity contribution in [2.24, 2.45) is 7.05 Å². The number of rotatable bonds is 3. The van der Waals surface area contributed by atoms with Gasteiger partial charge in [-0.05, 0) is 25.1 Å². The van der Waals surface area contributed by atoms with Gasteiger partial charge in [-0.3, -0.25) is 19.6 Å². The molecule has 126 valence electrons. The molecule has 8 heteroatoms. The average Bonchev–Trinajstić information content (AvgIpc) is 2.79. The van der Waals surface area contributed by atoms with E-state index in [9.17, 15) is 14.9 Å². The number of hydrogen-bond acceptors (Lipinski definition) is 5. The number of amides is 1. The van der Waals surface area contributed by atoms with Crippen molar-refractivity contribution < 1.29 is 9.72 Å². The molecular weight excluding hydrogens is 310 g/mol. The number of aryl methyl sites for hydroxylation is 1. The molecule has 0 aliphatic carbocycles. The van der Waals surface area contributed by atoms with Crippen molar-refractivity contribution in [2.45, 2.75) is 6.42 Å². The van der Waals surface area contributed by atoms with Crippen LogP contribution >= 0.6 is 0 Å². The van der Waals surface area contributed by atoms with Crippen LogP contribution in [-0.4, -0.2) is 51.7 Å². The molecule has 0 spiro atoms. The molecule has 2 aromatic rings. The van der Waals surface area contributed by atoms with Gasteiger partial charge in [-0.15, -0.1) is 0 Å². The van der Waals surface area contributed by atoms with Crippen molar-refractivity contribution in [1.29, 1.82) is 0 Å².